The van der Waals surface area contributed by atoms with Gasteiger partial charge in [-0.25, -0.2) is 0 Å². The molecule has 0 fully saturated rings. The predicted molar refractivity (Wildman–Crippen MR) is 58.5 cm³/mol. The minimum atomic E-state index is -1.11. The molecule has 0 aliphatic carbocycles. The molecule has 0 amide bonds. The van der Waals surface area contributed by atoms with Crippen molar-refractivity contribution in [2.24, 2.45) is 0 Å². The van der Waals surface area contributed by atoms with Crippen LogP contribution in [0.4, 0.5) is 0 Å². The lowest BCUT2D eigenvalue weighted by Gasteiger charge is -2.27. The second kappa shape index (κ2) is 4.84. The molecule has 2 nitrogen and oxygen atoms in total. The van der Waals surface area contributed by atoms with E-state index < -0.39 is 9.87 Å². The van der Waals surface area contributed by atoms with Crippen LogP contribution in [0.15, 0.2) is 24.3 Å². The van der Waals surface area contributed by atoms with E-state index in [0.717, 1.165) is 11.8 Å². The van der Waals surface area contributed by atoms with Gasteiger partial charge in [-0.15, -0.1) is 0 Å². The highest BCUT2D eigenvalue weighted by Crippen LogP contribution is 2.35. The molecular weight excluding hydrogens is 184 g/mol. The Bertz CT molecular complexity index is 189. The van der Waals surface area contributed by atoms with Gasteiger partial charge in [0.25, 0.3) is 0 Å². The Morgan fingerprint density at radius 2 is 1.38 bits per heavy atom. The molecule has 0 bridgehead atoms. The molecule has 0 radical (unpaired) electrons. The average Bonchev–Trinajstić information content (AvgIpc) is 1.82. The second-order valence-electron chi connectivity index (χ2n) is 3.30. The van der Waals surface area contributed by atoms with Gasteiger partial charge in [-0.2, -0.15) is 0 Å². The van der Waals surface area contributed by atoms with E-state index in [-0.39, 0.29) is 0 Å². The zero-order chi connectivity index (χ0) is 10.5. The molecule has 0 saturated carbocycles. The Labute approximate surface area is 84.4 Å². The standard InChI is InChI=1S/C10H18O2S/c1-5-7-10(12,8-6-2)13-9(3,4)11/h5-8,11-12H,1-4H3. The number of hydrogen-bond acceptors (Lipinski definition) is 3. The maximum absolute atomic E-state index is 9.98. The Morgan fingerprint density at radius 1 is 1.00 bits per heavy atom. The maximum Gasteiger partial charge on any atom is 0.150 e. The first kappa shape index (κ1) is 12.8. The summed E-state index contributed by atoms with van der Waals surface area (Å²) in [5, 5.41) is 19.5. The molecule has 0 atom stereocenters. The topological polar surface area (TPSA) is 40.5 Å². The van der Waals surface area contributed by atoms with Crippen molar-refractivity contribution >= 4 is 11.8 Å². The second-order valence-corrected chi connectivity index (χ2v) is 5.16. The smallest absolute Gasteiger partial charge is 0.150 e. The van der Waals surface area contributed by atoms with Gasteiger partial charge in [-0.3, -0.25) is 0 Å². The Kier molecular flexibility index (Phi) is 4.75. The molecule has 0 heterocycles. The lowest BCUT2D eigenvalue weighted by atomic mass is 10.3. The van der Waals surface area contributed by atoms with Crippen LogP contribution in [0.2, 0.25) is 0 Å². The third-order valence-corrected chi connectivity index (χ3v) is 2.32. The zero-order valence-corrected chi connectivity index (χ0v) is 9.43. The Morgan fingerprint density at radius 3 is 1.62 bits per heavy atom. The van der Waals surface area contributed by atoms with Crippen molar-refractivity contribution in [3.63, 3.8) is 0 Å². The van der Waals surface area contributed by atoms with Gasteiger partial charge in [-0.1, -0.05) is 23.9 Å². The summed E-state index contributed by atoms with van der Waals surface area (Å²) < 4.78 is 0. The highest BCUT2D eigenvalue weighted by Gasteiger charge is 2.28. The predicted octanol–water partition coefficient (Wildman–Crippen LogP) is 2.29. The number of thioether (sulfide) groups is 1. The van der Waals surface area contributed by atoms with Crippen molar-refractivity contribution < 1.29 is 10.2 Å². The molecule has 0 saturated heterocycles. The van der Waals surface area contributed by atoms with Gasteiger partial charge in [0.2, 0.25) is 0 Å². The summed E-state index contributed by atoms with van der Waals surface area (Å²) in [6, 6.07) is 0. The van der Waals surface area contributed by atoms with E-state index in [1.807, 2.05) is 13.8 Å². The maximum atomic E-state index is 9.98. The van der Waals surface area contributed by atoms with Crippen LogP contribution in [0.25, 0.3) is 0 Å². The van der Waals surface area contributed by atoms with Gasteiger partial charge in [0.15, 0.2) is 4.93 Å². The van der Waals surface area contributed by atoms with Crippen LogP contribution >= 0.6 is 11.8 Å². The van der Waals surface area contributed by atoms with E-state index in [2.05, 4.69) is 0 Å². The first-order valence-corrected chi connectivity index (χ1v) is 5.07. The lowest BCUT2D eigenvalue weighted by Crippen LogP contribution is -2.27. The molecule has 3 heteroatoms. The molecule has 0 aromatic carbocycles. The SMILES string of the molecule is CC=CC(O)(C=CC)SC(C)(C)O. The first-order valence-electron chi connectivity index (χ1n) is 4.25. The summed E-state index contributed by atoms with van der Waals surface area (Å²) in [6.45, 7) is 6.96. The van der Waals surface area contributed by atoms with Crippen LogP contribution in [-0.4, -0.2) is 20.1 Å². The van der Waals surface area contributed by atoms with Gasteiger partial charge in [0.1, 0.15) is 4.93 Å². The molecule has 0 aliphatic heterocycles. The fourth-order valence-electron chi connectivity index (χ4n) is 1.00. The van der Waals surface area contributed by atoms with E-state index in [9.17, 15) is 10.2 Å². The molecule has 0 aliphatic rings. The van der Waals surface area contributed by atoms with Crippen molar-refractivity contribution in [1.82, 2.24) is 0 Å². The quantitative estimate of drug-likeness (QED) is 0.543. The number of rotatable bonds is 4. The minimum absolute atomic E-state index is 0.951. The molecule has 76 valence electrons. The molecule has 2 N–H and O–H groups in total. The van der Waals surface area contributed by atoms with Crippen molar-refractivity contribution in [3.05, 3.63) is 24.3 Å². The van der Waals surface area contributed by atoms with Gasteiger partial charge in [-0.05, 0) is 39.8 Å². The highest BCUT2D eigenvalue weighted by molar-refractivity contribution is 8.01. The fourth-order valence-corrected chi connectivity index (χ4v) is 2.21. The van der Waals surface area contributed by atoms with Crippen LogP contribution in [0, 0.1) is 0 Å². The summed E-state index contributed by atoms with van der Waals surface area (Å²) in [5.41, 5.74) is 0. The van der Waals surface area contributed by atoms with Crippen LogP contribution in [0.1, 0.15) is 27.7 Å². The third-order valence-electron chi connectivity index (χ3n) is 1.22. The lowest BCUT2D eigenvalue weighted by molar-refractivity contribution is 0.165. The summed E-state index contributed by atoms with van der Waals surface area (Å²) >= 11 is 1.09. The van der Waals surface area contributed by atoms with Gasteiger partial charge in [0.05, 0.1) is 0 Å². The van der Waals surface area contributed by atoms with E-state index in [4.69, 9.17) is 0 Å². The third kappa shape index (κ3) is 5.91. The van der Waals surface area contributed by atoms with Crippen LogP contribution < -0.4 is 0 Å². The van der Waals surface area contributed by atoms with Gasteiger partial charge in [0, 0.05) is 0 Å². The normalized spacial score (nSPS) is 18.3. The monoisotopic (exact) mass is 202 g/mol. The molecule has 0 spiro atoms. The van der Waals surface area contributed by atoms with Crippen molar-refractivity contribution in [3.8, 4) is 0 Å². The number of hydrogen-bond donors (Lipinski definition) is 2. The molecule has 0 aromatic heterocycles. The molecule has 0 rings (SSSR count). The first-order chi connectivity index (χ1) is 5.83. The summed E-state index contributed by atoms with van der Waals surface area (Å²) in [4.78, 5) is -2.06. The molecule has 13 heavy (non-hydrogen) atoms. The largest absolute Gasteiger partial charge is 0.380 e. The minimum Gasteiger partial charge on any atom is -0.380 e. The van der Waals surface area contributed by atoms with E-state index in [0.29, 0.717) is 0 Å². The highest BCUT2D eigenvalue weighted by atomic mass is 32.2. The van der Waals surface area contributed by atoms with E-state index in [1.165, 1.54) is 0 Å². The Balaban J connectivity index is 4.61. The number of allylic oxidation sites excluding steroid dienone is 2. The van der Waals surface area contributed by atoms with Crippen molar-refractivity contribution in [2.45, 2.75) is 37.6 Å². The van der Waals surface area contributed by atoms with Gasteiger partial charge < -0.3 is 10.2 Å². The average molecular weight is 202 g/mol. The number of aliphatic hydroxyl groups is 2. The van der Waals surface area contributed by atoms with Crippen LogP contribution in [-0.2, 0) is 0 Å². The summed E-state index contributed by atoms with van der Waals surface area (Å²) in [6.07, 6.45) is 6.82. The summed E-state index contributed by atoms with van der Waals surface area (Å²) in [7, 11) is 0. The van der Waals surface area contributed by atoms with E-state index in [1.54, 1.807) is 38.2 Å². The molecule has 0 unspecified atom stereocenters. The Hall–Kier alpha value is -0.250. The molecule has 0 aromatic rings. The van der Waals surface area contributed by atoms with Gasteiger partial charge >= 0.3 is 0 Å². The summed E-state index contributed by atoms with van der Waals surface area (Å²) in [5.74, 6) is 0. The van der Waals surface area contributed by atoms with E-state index >= 15 is 0 Å². The zero-order valence-electron chi connectivity index (χ0n) is 8.61. The fraction of sp³-hybridized carbons (Fsp3) is 0.600. The van der Waals surface area contributed by atoms with Crippen molar-refractivity contribution in [2.75, 3.05) is 0 Å². The van der Waals surface area contributed by atoms with Crippen LogP contribution in [0.5, 0.6) is 0 Å². The van der Waals surface area contributed by atoms with Crippen LogP contribution in [0.3, 0.4) is 0 Å². The molecular formula is C10H18O2S. The van der Waals surface area contributed by atoms with Crippen molar-refractivity contribution in [1.29, 1.82) is 0 Å².